The van der Waals surface area contributed by atoms with Crippen LogP contribution in [0.15, 0.2) is 35.3 Å². The van der Waals surface area contributed by atoms with Gasteiger partial charge in [-0.05, 0) is 25.8 Å². The van der Waals surface area contributed by atoms with E-state index in [1.807, 2.05) is 13.8 Å². The van der Waals surface area contributed by atoms with Gasteiger partial charge in [-0.25, -0.2) is 4.79 Å². The van der Waals surface area contributed by atoms with Crippen LogP contribution in [0.25, 0.3) is 5.69 Å². The molecule has 0 atom stereocenters. The van der Waals surface area contributed by atoms with Crippen LogP contribution in [0, 0.1) is 17.0 Å². The molecule has 0 amide bonds. The highest BCUT2D eigenvalue weighted by molar-refractivity contribution is 5.52. The molecule has 0 radical (unpaired) electrons. The molecule has 7 nitrogen and oxygen atoms in total. The number of nitro benzene ring substituents is 1. The monoisotopic (exact) mass is 319 g/mol. The van der Waals surface area contributed by atoms with Gasteiger partial charge in [0.1, 0.15) is 5.69 Å². The molecular formula is C16H21N3O4. The third-order valence-corrected chi connectivity index (χ3v) is 4.23. The molecule has 2 rings (SSSR count). The lowest BCUT2D eigenvalue weighted by molar-refractivity contribution is -0.384. The first kappa shape index (κ1) is 17.0. The average Bonchev–Trinajstić information content (AvgIpc) is 2.81. The predicted octanol–water partition coefficient (Wildman–Crippen LogP) is 2.41. The molecule has 0 fully saturated rings. The second-order valence-corrected chi connectivity index (χ2v) is 5.69. The van der Waals surface area contributed by atoms with Crippen molar-refractivity contribution in [2.75, 3.05) is 0 Å². The summed E-state index contributed by atoms with van der Waals surface area (Å²) in [4.78, 5) is 23.3. The first-order valence-corrected chi connectivity index (χ1v) is 7.58. The van der Waals surface area contributed by atoms with Gasteiger partial charge in [-0.2, -0.15) is 0 Å². The van der Waals surface area contributed by atoms with E-state index in [1.54, 1.807) is 31.3 Å². The minimum atomic E-state index is -0.967. The van der Waals surface area contributed by atoms with Crippen molar-refractivity contribution in [2.45, 2.75) is 45.8 Å². The molecular weight excluding hydrogens is 298 g/mol. The summed E-state index contributed by atoms with van der Waals surface area (Å²) in [5.74, 6) is 0. The van der Waals surface area contributed by atoms with E-state index in [4.69, 9.17) is 0 Å². The van der Waals surface area contributed by atoms with E-state index in [0.29, 0.717) is 18.5 Å². The number of aryl methyl sites for hydroxylation is 1. The third-order valence-electron chi connectivity index (χ3n) is 4.23. The number of aliphatic hydroxyl groups is 1. The first-order chi connectivity index (χ1) is 10.8. The third kappa shape index (κ3) is 3.19. The summed E-state index contributed by atoms with van der Waals surface area (Å²) in [6.45, 7) is 5.60. The predicted molar refractivity (Wildman–Crippen MR) is 87.0 cm³/mol. The van der Waals surface area contributed by atoms with Crippen molar-refractivity contribution in [1.29, 1.82) is 0 Å². The number of hydrogen-bond acceptors (Lipinski definition) is 4. The van der Waals surface area contributed by atoms with Crippen molar-refractivity contribution in [3.63, 3.8) is 0 Å². The van der Waals surface area contributed by atoms with Gasteiger partial charge in [-0.15, -0.1) is 0 Å². The number of nitrogens with zero attached hydrogens (tertiary/aromatic N) is 3. The van der Waals surface area contributed by atoms with Gasteiger partial charge in [0.05, 0.1) is 17.1 Å². The SMILES string of the molecule is CCC(O)(CC)Cn1cc(C)n(-c2ccccc2[N+](=O)[O-])c1=O. The fraction of sp³-hybridized carbons (Fsp3) is 0.438. The molecule has 1 aromatic heterocycles. The summed E-state index contributed by atoms with van der Waals surface area (Å²) in [5.41, 5.74) is -0.673. The Kier molecular flexibility index (Phi) is 4.70. The first-order valence-electron chi connectivity index (χ1n) is 7.58. The zero-order valence-corrected chi connectivity index (χ0v) is 13.5. The Labute approximate surface area is 134 Å². The van der Waals surface area contributed by atoms with Gasteiger partial charge in [0.15, 0.2) is 0 Å². The van der Waals surface area contributed by atoms with Crippen LogP contribution in [-0.4, -0.2) is 24.8 Å². The fourth-order valence-corrected chi connectivity index (χ4v) is 2.62. The number of aromatic nitrogens is 2. The van der Waals surface area contributed by atoms with Gasteiger partial charge in [0.2, 0.25) is 0 Å². The van der Waals surface area contributed by atoms with Crippen LogP contribution in [0.5, 0.6) is 0 Å². The molecule has 0 bridgehead atoms. The normalized spacial score (nSPS) is 11.7. The topological polar surface area (TPSA) is 90.3 Å². The van der Waals surface area contributed by atoms with Crippen molar-refractivity contribution >= 4 is 5.69 Å². The Bertz CT molecular complexity index is 772. The van der Waals surface area contributed by atoms with Crippen LogP contribution in [0.3, 0.4) is 0 Å². The zero-order chi connectivity index (χ0) is 17.2. The summed E-state index contributed by atoms with van der Waals surface area (Å²) < 4.78 is 2.73. The maximum Gasteiger partial charge on any atom is 0.333 e. The number of benzene rings is 1. The minimum Gasteiger partial charge on any atom is -0.388 e. The maximum absolute atomic E-state index is 12.7. The summed E-state index contributed by atoms with van der Waals surface area (Å²) in [7, 11) is 0. The van der Waals surface area contributed by atoms with Gasteiger partial charge >= 0.3 is 5.69 Å². The average molecular weight is 319 g/mol. The van der Waals surface area contributed by atoms with Crippen molar-refractivity contribution < 1.29 is 10.0 Å². The number of imidazole rings is 1. The molecule has 0 saturated carbocycles. The molecule has 23 heavy (non-hydrogen) atoms. The Morgan fingerprint density at radius 2 is 1.87 bits per heavy atom. The molecule has 1 heterocycles. The van der Waals surface area contributed by atoms with Gasteiger partial charge < -0.3 is 5.11 Å². The van der Waals surface area contributed by atoms with E-state index in [2.05, 4.69) is 0 Å². The highest BCUT2D eigenvalue weighted by Crippen LogP contribution is 2.23. The van der Waals surface area contributed by atoms with E-state index in [9.17, 15) is 20.0 Å². The van der Waals surface area contributed by atoms with E-state index in [-0.39, 0.29) is 17.9 Å². The molecule has 2 aromatic rings. The van der Waals surface area contributed by atoms with Crippen LogP contribution in [0.2, 0.25) is 0 Å². The molecule has 0 aliphatic carbocycles. The smallest absolute Gasteiger partial charge is 0.333 e. The highest BCUT2D eigenvalue weighted by Gasteiger charge is 2.26. The highest BCUT2D eigenvalue weighted by atomic mass is 16.6. The van der Waals surface area contributed by atoms with Crippen LogP contribution in [0.1, 0.15) is 32.4 Å². The molecule has 0 unspecified atom stereocenters. The number of rotatable bonds is 6. The maximum atomic E-state index is 12.7. The van der Waals surface area contributed by atoms with Crippen LogP contribution >= 0.6 is 0 Å². The molecule has 0 aliphatic heterocycles. The van der Waals surface area contributed by atoms with E-state index in [0.717, 1.165) is 0 Å². The van der Waals surface area contributed by atoms with E-state index in [1.165, 1.54) is 15.2 Å². The second-order valence-electron chi connectivity index (χ2n) is 5.69. The van der Waals surface area contributed by atoms with E-state index >= 15 is 0 Å². The zero-order valence-electron chi connectivity index (χ0n) is 13.5. The Hall–Kier alpha value is -2.41. The molecule has 0 saturated heterocycles. The van der Waals surface area contributed by atoms with Crippen molar-refractivity contribution in [2.24, 2.45) is 0 Å². The lowest BCUT2D eigenvalue weighted by Crippen LogP contribution is -2.37. The second kappa shape index (κ2) is 6.37. The van der Waals surface area contributed by atoms with Crippen molar-refractivity contribution in [3.05, 3.63) is 56.8 Å². The fourth-order valence-electron chi connectivity index (χ4n) is 2.62. The number of nitro groups is 1. The Morgan fingerprint density at radius 1 is 1.26 bits per heavy atom. The summed E-state index contributed by atoms with van der Waals surface area (Å²) in [5, 5.41) is 21.6. The van der Waals surface area contributed by atoms with Gasteiger partial charge in [-0.3, -0.25) is 19.2 Å². The Balaban J connectivity index is 2.56. The quantitative estimate of drug-likeness (QED) is 0.654. The minimum absolute atomic E-state index is 0.128. The van der Waals surface area contributed by atoms with Gasteiger partial charge in [0, 0.05) is 18.0 Å². The number of hydrogen-bond donors (Lipinski definition) is 1. The lowest BCUT2D eigenvalue weighted by Gasteiger charge is -2.24. The number of para-hydroxylation sites is 2. The molecule has 1 N–H and O–H groups in total. The molecule has 124 valence electrons. The lowest BCUT2D eigenvalue weighted by atomic mass is 9.98. The van der Waals surface area contributed by atoms with Crippen LogP contribution < -0.4 is 5.69 Å². The molecule has 7 heteroatoms. The van der Waals surface area contributed by atoms with Crippen molar-refractivity contribution in [1.82, 2.24) is 9.13 Å². The molecule has 0 aliphatic rings. The summed E-state index contributed by atoms with van der Waals surface area (Å²) in [6.07, 6.45) is 2.66. The van der Waals surface area contributed by atoms with Crippen LogP contribution in [0.4, 0.5) is 5.69 Å². The molecule has 1 aromatic carbocycles. The summed E-state index contributed by atoms with van der Waals surface area (Å²) >= 11 is 0. The molecule has 0 spiro atoms. The van der Waals surface area contributed by atoms with Gasteiger partial charge in [-0.1, -0.05) is 26.0 Å². The largest absolute Gasteiger partial charge is 0.388 e. The van der Waals surface area contributed by atoms with Crippen LogP contribution in [-0.2, 0) is 6.54 Å². The van der Waals surface area contributed by atoms with E-state index < -0.39 is 16.2 Å². The Morgan fingerprint density at radius 3 is 2.43 bits per heavy atom. The van der Waals surface area contributed by atoms with Crippen molar-refractivity contribution in [3.8, 4) is 5.69 Å². The standard InChI is InChI=1S/C16H21N3O4/c1-4-16(21,5-2)11-17-10-12(3)18(15(17)20)13-8-6-7-9-14(13)19(22)23/h6-10,21H,4-5,11H2,1-3H3. The van der Waals surface area contributed by atoms with Gasteiger partial charge in [0.25, 0.3) is 5.69 Å². The summed E-state index contributed by atoms with van der Waals surface area (Å²) in [6, 6.07) is 6.13.